The summed E-state index contributed by atoms with van der Waals surface area (Å²) in [5.41, 5.74) is 0. The topological polar surface area (TPSA) is 86.6 Å². The van der Waals surface area contributed by atoms with E-state index < -0.39 is 12.1 Å². The molecule has 0 aromatic rings. The number of aliphatic carboxylic acids is 1. The van der Waals surface area contributed by atoms with E-state index in [1.807, 2.05) is 0 Å². The molecule has 5 nitrogen and oxygen atoms in total. The number of hydrogen-bond donors (Lipinski definition) is 3. The van der Waals surface area contributed by atoms with E-state index in [0.717, 1.165) is 19.3 Å². The third kappa shape index (κ3) is 2.99. The Kier molecular flexibility index (Phi) is 3.88. The number of aliphatic hydroxyl groups is 1. The normalized spacial score (nSPS) is 18.4. The van der Waals surface area contributed by atoms with E-state index in [-0.39, 0.29) is 24.8 Å². The maximum absolute atomic E-state index is 11.2. The van der Waals surface area contributed by atoms with Gasteiger partial charge in [-0.25, -0.2) is 4.79 Å². The first kappa shape index (κ1) is 11.0. The zero-order valence-corrected chi connectivity index (χ0v) is 7.90. The fourth-order valence-electron chi connectivity index (χ4n) is 1.27. The molecule has 80 valence electrons. The van der Waals surface area contributed by atoms with Gasteiger partial charge in [0.2, 0.25) is 5.91 Å². The summed E-state index contributed by atoms with van der Waals surface area (Å²) in [7, 11) is 0. The highest BCUT2D eigenvalue weighted by Crippen LogP contribution is 2.25. The predicted octanol–water partition coefficient (Wildman–Crippen LogP) is -0.262. The first-order valence-electron chi connectivity index (χ1n) is 4.80. The Bertz CT molecular complexity index is 225. The molecule has 0 radical (unpaired) electrons. The van der Waals surface area contributed by atoms with Gasteiger partial charge in [0.25, 0.3) is 0 Å². The van der Waals surface area contributed by atoms with Crippen molar-refractivity contribution >= 4 is 11.9 Å². The molecule has 14 heavy (non-hydrogen) atoms. The maximum Gasteiger partial charge on any atom is 0.332 e. The minimum absolute atomic E-state index is 0.0196. The second-order valence-electron chi connectivity index (χ2n) is 3.56. The Morgan fingerprint density at radius 2 is 2.07 bits per heavy atom. The van der Waals surface area contributed by atoms with Crippen molar-refractivity contribution in [2.45, 2.75) is 31.8 Å². The number of carboxylic acids is 1. The van der Waals surface area contributed by atoms with Gasteiger partial charge < -0.3 is 15.5 Å². The molecule has 1 aliphatic carbocycles. The molecule has 1 rings (SSSR count). The van der Waals surface area contributed by atoms with E-state index in [9.17, 15) is 9.59 Å². The zero-order chi connectivity index (χ0) is 10.6. The third-order valence-electron chi connectivity index (χ3n) is 2.48. The molecule has 0 unspecified atom stereocenters. The number of nitrogens with one attached hydrogen (secondary N) is 1. The molecule has 1 amide bonds. The van der Waals surface area contributed by atoms with E-state index in [0.29, 0.717) is 0 Å². The van der Waals surface area contributed by atoms with Gasteiger partial charge >= 0.3 is 5.97 Å². The minimum Gasteiger partial charge on any atom is -0.479 e. The molecule has 0 aromatic carbocycles. The van der Waals surface area contributed by atoms with Gasteiger partial charge in [0.15, 0.2) is 6.10 Å². The van der Waals surface area contributed by atoms with Gasteiger partial charge in [0.1, 0.15) is 0 Å². The highest BCUT2D eigenvalue weighted by atomic mass is 16.4. The fourth-order valence-corrected chi connectivity index (χ4v) is 1.27. The van der Waals surface area contributed by atoms with Crippen molar-refractivity contribution < 1.29 is 19.8 Å². The van der Waals surface area contributed by atoms with Crippen LogP contribution in [-0.4, -0.2) is 34.7 Å². The second-order valence-corrected chi connectivity index (χ2v) is 3.56. The van der Waals surface area contributed by atoms with Crippen LogP contribution >= 0.6 is 0 Å². The highest BCUT2D eigenvalue weighted by Gasteiger charge is 2.25. The lowest BCUT2D eigenvalue weighted by Gasteiger charge is -2.24. The lowest BCUT2D eigenvalue weighted by molar-refractivity contribution is -0.147. The van der Waals surface area contributed by atoms with Crippen LogP contribution in [0.3, 0.4) is 0 Å². The van der Waals surface area contributed by atoms with Gasteiger partial charge in [-0.3, -0.25) is 4.79 Å². The van der Waals surface area contributed by atoms with Crippen molar-refractivity contribution in [1.82, 2.24) is 5.32 Å². The van der Waals surface area contributed by atoms with E-state index in [1.165, 1.54) is 0 Å². The molecule has 0 aromatic heterocycles. The van der Waals surface area contributed by atoms with Gasteiger partial charge in [0, 0.05) is 18.9 Å². The molecule has 1 atom stereocenters. The lowest BCUT2D eigenvalue weighted by atomic mass is 9.85. The summed E-state index contributed by atoms with van der Waals surface area (Å²) in [6.07, 6.45) is 1.63. The van der Waals surface area contributed by atoms with Crippen molar-refractivity contribution in [3.63, 3.8) is 0 Å². The van der Waals surface area contributed by atoms with Gasteiger partial charge in [-0.05, 0) is 12.8 Å². The van der Waals surface area contributed by atoms with E-state index in [4.69, 9.17) is 10.2 Å². The van der Waals surface area contributed by atoms with Crippen LogP contribution in [0, 0.1) is 5.92 Å². The number of hydrogen-bond acceptors (Lipinski definition) is 3. The molecule has 1 fully saturated rings. The van der Waals surface area contributed by atoms with E-state index in [2.05, 4.69) is 5.32 Å². The fraction of sp³-hybridized carbons (Fsp3) is 0.778. The predicted molar refractivity (Wildman–Crippen MR) is 48.6 cm³/mol. The lowest BCUT2D eigenvalue weighted by Crippen LogP contribution is -2.36. The summed E-state index contributed by atoms with van der Waals surface area (Å²) in [5.74, 6) is -1.16. The van der Waals surface area contributed by atoms with Crippen LogP contribution < -0.4 is 5.32 Å². The summed E-state index contributed by atoms with van der Waals surface area (Å²) in [6.45, 7) is 0.225. The molecule has 0 saturated heterocycles. The first-order valence-corrected chi connectivity index (χ1v) is 4.80. The Labute approximate surface area is 82.1 Å². The van der Waals surface area contributed by atoms with Gasteiger partial charge in [-0.15, -0.1) is 0 Å². The van der Waals surface area contributed by atoms with E-state index >= 15 is 0 Å². The monoisotopic (exact) mass is 201 g/mol. The SMILES string of the molecule is O=C(NCC[C@H](O)C(=O)O)C1CCC1. The Balaban J connectivity index is 2.08. The summed E-state index contributed by atoms with van der Waals surface area (Å²) in [5, 5.41) is 19.9. The van der Waals surface area contributed by atoms with Crippen LogP contribution in [0.15, 0.2) is 0 Å². The number of carbonyl (C=O) groups excluding carboxylic acids is 1. The largest absolute Gasteiger partial charge is 0.479 e. The van der Waals surface area contributed by atoms with Crippen molar-refractivity contribution in [2.24, 2.45) is 5.92 Å². The average molecular weight is 201 g/mol. The van der Waals surface area contributed by atoms with Gasteiger partial charge in [0.05, 0.1) is 0 Å². The van der Waals surface area contributed by atoms with Gasteiger partial charge in [-0.2, -0.15) is 0 Å². The number of amides is 1. The van der Waals surface area contributed by atoms with Crippen LogP contribution in [0.2, 0.25) is 0 Å². The van der Waals surface area contributed by atoms with Crippen LogP contribution in [-0.2, 0) is 9.59 Å². The number of carbonyl (C=O) groups is 2. The number of carboxylic acid groups (broad SMARTS) is 1. The number of rotatable bonds is 5. The molecule has 0 spiro atoms. The molecule has 0 heterocycles. The van der Waals surface area contributed by atoms with Gasteiger partial charge in [-0.1, -0.05) is 6.42 Å². The summed E-state index contributed by atoms with van der Waals surface area (Å²) in [4.78, 5) is 21.5. The third-order valence-corrected chi connectivity index (χ3v) is 2.48. The van der Waals surface area contributed by atoms with E-state index in [1.54, 1.807) is 0 Å². The Morgan fingerprint density at radius 3 is 2.50 bits per heavy atom. The highest BCUT2D eigenvalue weighted by molar-refractivity contribution is 5.79. The zero-order valence-electron chi connectivity index (χ0n) is 7.90. The van der Waals surface area contributed by atoms with Crippen molar-refractivity contribution in [1.29, 1.82) is 0 Å². The molecule has 0 bridgehead atoms. The van der Waals surface area contributed by atoms with Crippen molar-refractivity contribution in [3.05, 3.63) is 0 Å². The molecule has 5 heteroatoms. The minimum atomic E-state index is -1.38. The molecule has 1 saturated carbocycles. The number of aliphatic hydroxyl groups excluding tert-OH is 1. The Hall–Kier alpha value is -1.10. The summed E-state index contributed by atoms with van der Waals surface area (Å²) < 4.78 is 0. The molecule has 1 aliphatic rings. The smallest absolute Gasteiger partial charge is 0.332 e. The Morgan fingerprint density at radius 1 is 1.43 bits per heavy atom. The first-order chi connectivity index (χ1) is 6.61. The molecule has 0 aliphatic heterocycles. The molecular formula is C9H15NO4. The van der Waals surface area contributed by atoms with Crippen LogP contribution in [0.4, 0.5) is 0 Å². The average Bonchev–Trinajstić information content (AvgIpc) is 2.00. The van der Waals surface area contributed by atoms with Crippen molar-refractivity contribution in [2.75, 3.05) is 6.54 Å². The van der Waals surface area contributed by atoms with Crippen LogP contribution in [0.25, 0.3) is 0 Å². The quantitative estimate of drug-likeness (QED) is 0.572. The summed E-state index contributed by atoms with van der Waals surface area (Å²) >= 11 is 0. The maximum atomic E-state index is 11.2. The standard InChI is InChI=1S/C9H15NO4/c11-7(9(13)14)4-5-10-8(12)6-2-1-3-6/h6-7,11H,1-5H2,(H,10,12)(H,13,14)/t7-/m0/s1. The second kappa shape index (κ2) is 4.95. The van der Waals surface area contributed by atoms with Crippen LogP contribution in [0.1, 0.15) is 25.7 Å². The van der Waals surface area contributed by atoms with Crippen molar-refractivity contribution in [3.8, 4) is 0 Å². The molecular weight excluding hydrogens is 186 g/mol. The summed E-state index contributed by atoms with van der Waals surface area (Å²) in [6, 6.07) is 0. The molecule has 3 N–H and O–H groups in total. The van der Waals surface area contributed by atoms with Crippen LogP contribution in [0.5, 0.6) is 0 Å².